The van der Waals surface area contributed by atoms with E-state index < -0.39 is 12.1 Å². The molecule has 2 aromatic carbocycles. The van der Waals surface area contributed by atoms with Gasteiger partial charge in [-0.25, -0.2) is 0 Å². The van der Waals surface area contributed by atoms with Crippen LogP contribution in [0.2, 0.25) is 0 Å². The van der Waals surface area contributed by atoms with Crippen LogP contribution in [0.15, 0.2) is 59.1 Å². The van der Waals surface area contributed by atoms with Crippen LogP contribution in [0.1, 0.15) is 43.1 Å². The summed E-state index contributed by atoms with van der Waals surface area (Å²) in [6.45, 7) is 6.54. The molecule has 2 aromatic rings. The molecule has 6 atom stereocenters. The first-order valence-corrected chi connectivity index (χ1v) is 14.2. The van der Waals surface area contributed by atoms with E-state index in [0.29, 0.717) is 49.2 Å². The average Bonchev–Trinajstić information content (AvgIpc) is 3.46. The maximum absolute atomic E-state index is 13.5. The molecule has 1 unspecified atom stereocenters. The fraction of sp³-hybridized carbons (Fsp3) is 0.400. The molecule has 2 aliphatic rings. The zero-order valence-corrected chi connectivity index (χ0v) is 23.6. The van der Waals surface area contributed by atoms with Crippen LogP contribution < -0.4 is 5.32 Å². The number of allylic oxidation sites excluding steroid dienone is 1. The number of anilines is 1. The molecule has 0 aliphatic carbocycles. The Morgan fingerprint density at radius 3 is 2.48 bits per heavy atom. The van der Waals surface area contributed by atoms with Gasteiger partial charge in [-0.05, 0) is 43.2 Å². The molecule has 2 aliphatic heterocycles. The van der Waals surface area contributed by atoms with Crippen LogP contribution in [-0.4, -0.2) is 74.9 Å². The number of benzene rings is 2. The molecular weight excluding hydrogens is 530 g/mol. The van der Waals surface area contributed by atoms with Crippen molar-refractivity contribution in [3.8, 4) is 5.75 Å². The summed E-state index contributed by atoms with van der Waals surface area (Å²) in [5.41, 5.74) is 2.24. The third-order valence-electron chi connectivity index (χ3n) is 7.88. The zero-order chi connectivity index (χ0) is 29.0. The first-order chi connectivity index (χ1) is 19.2. The van der Waals surface area contributed by atoms with Crippen LogP contribution in [0.25, 0.3) is 0 Å². The molecular formula is C30H35N3O6S. The third-order valence-corrected chi connectivity index (χ3v) is 9.39. The van der Waals surface area contributed by atoms with Crippen molar-refractivity contribution in [3.63, 3.8) is 0 Å². The van der Waals surface area contributed by atoms with E-state index in [1.54, 1.807) is 43.3 Å². The molecule has 10 heteroatoms. The van der Waals surface area contributed by atoms with Gasteiger partial charge in [0.1, 0.15) is 12.0 Å². The normalized spacial score (nSPS) is 24.6. The molecule has 1 fully saturated rings. The lowest BCUT2D eigenvalue weighted by Gasteiger charge is -2.32. The van der Waals surface area contributed by atoms with Gasteiger partial charge in [0.15, 0.2) is 6.29 Å². The van der Waals surface area contributed by atoms with Crippen LogP contribution >= 0.6 is 11.8 Å². The van der Waals surface area contributed by atoms with Crippen LogP contribution in [0.4, 0.5) is 5.69 Å². The van der Waals surface area contributed by atoms with Gasteiger partial charge in [-0.3, -0.25) is 24.1 Å². The summed E-state index contributed by atoms with van der Waals surface area (Å²) in [4.78, 5) is 53.2. The highest BCUT2D eigenvalue weighted by Gasteiger charge is 2.45. The van der Waals surface area contributed by atoms with Crippen molar-refractivity contribution in [2.45, 2.75) is 57.2 Å². The number of aliphatic hydroxyl groups excluding tert-OH is 1. The number of rotatable bonds is 11. The average molecular weight is 566 g/mol. The van der Waals surface area contributed by atoms with Crippen molar-refractivity contribution in [1.29, 1.82) is 0 Å². The minimum Gasteiger partial charge on any atom is -0.508 e. The minimum absolute atomic E-state index is 0.0457. The van der Waals surface area contributed by atoms with E-state index in [1.807, 2.05) is 26.0 Å². The lowest BCUT2D eigenvalue weighted by atomic mass is 9.88. The molecule has 4 rings (SSSR count). The van der Waals surface area contributed by atoms with Gasteiger partial charge < -0.3 is 20.4 Å². The summed E-state index contributed by atoms with van der Waals surface area (Å²) in [7, 11) is 0. The van der Waals surface area contributed by atoms with Crippen LogP contribution in [0.3, 0.4) is 0 Å². The number of aldehydes is 2. The van der Waals surface area contributed by atoms with E-state index in [9.17, 15) is 29.4 Å². The van der Waals surface area contributed by atoms with Gasteiger partial charge in [-0.2, -0.15) is 0 Å². The van der Waals surface area contributed by atoms with Crippen molar-refractivity contribution >= 4 is 42.3 Å². The Morgan fingerprint density at radius 1 is 1.12 bits per heavy atom. The SMILES string of the molecule is C[C@H]1C(S[C@H]2C[C@@H](C(=O)Nc3cccc(C=O)c3)N(Cc3ccc(O)cc3)C2)=C(C=O)N(C=O)C1[C@H](C)[C@@H](C)O. The van der Waals surface area contributed by atoms with Gasteiger partial charge in [0.05, 0.1) is 17.8 Å². The zero-order valence-electron chi connectivity index (χ0n) is 22.8. The van der Waals surface area contributed by atoms with E-state index >= 15 is 0 Å². The number of likely N-dealkylation sites (tertiary alicyclic amines) is 1. The highest BCUT2D eigenvalue weighted by atomic mass is 32.2. The highest BCUT2D eigenvalue weighted by Crippen LogP contribution is 2.46. The highest BCUT2D eigenvalue weighted by molar-refractivity contribution is 8.03. The van der Waals surface area contributed by atoms with E-state index in [4.69, 9.17) is 0 Å². The molecule has 0 spiro atoms. The fourth-order valence-corrected chi connectivity index (χ4v) is 7.18. The number of nitrogens with one attached hydrogen (secondary N) is 1. The van der Waals surface area contributed by atoms with Crippen molar-refractivity contribution < 1.29 is 29.4 Å². The Bertz CT molecular complexity index is 1280. The number of aliphatic hydroxyl groups is 1. The van der Waals surface area contributed by atoms with Crippen LogP contribution in [0, 0.1) is 11.8 Å². The molecule has 212 valence electrons. The Labute approximate surface area is 238 Å². The van der Waals surface area contributed by atoms with E-state index in [0.717, 1.165) is 16.8 Å². The summed E-state index contributed by atoms with van der Waals surface area (Å²) in [5, 5.41) is 22.8. The quantitative estimate of drug-likeness (QED) is 0.354. The number of hydrogen-bond donors (Lipinski definition) is 3. The molecule has 0 aromatic heterocycles. The largest absolute Gasteiger partial charge is 0.508 e. The molecule has 1 saturated heterocycles. The number of nitrogens with zero attached hydrogens (tertiary/aromatic N) is 2. The maximum atomic E-state index is 13.5. The smallest absolute Gasteiger partial charge is 0.241 e. The number of phenolic OH excluding ortho intramolecular Hbond substituents is 1. The van der Waals surface area contributed by atoms with Crippen molar-refractivity contribution in [3.05, 3.63) is 70.3 Å². The number of carbonyl (C=O) groups excluding carboxylic acids is 4. The second kappa shape index (κ2) is 12.8. The number of thioether (sulfide) groups is 1. The Kier molecular flexibility index (Phi) is 9.44. The summed E-state index contributed by atoms with van der Waals surface area (Å²) in [5.74, 6) is -0.454. The fourth-order valence-electron chi connectivity index (χ4n) is 5.65. The molecule has 40 heavy (non-hydrogen) atoms. The molecule has 9 nitrogen and oxygen atoms in total. The van der Waals surface area contributed by atoms with Crippen molar-refractivity contribution in [1.82, 2.24) is 9.80 Å². The Hall–Kier alpha value is -3.47. The first-order valence-electron chi connectivity index (χ1n) is 13.3. The monoisotopic (exact) mass is 565 g/mol. The van der Waals surface area contributed by atoms with Gasteiger partial charge in [0.2, 0.25) is 12.3 Å². The first kappa shape index (κ1) is 29.5. The van der Waals surface area contributed by atoms with Crippen LogP contribution in [0.5, 0.6) is 5.75 Å². The van der Waals surface area contributed by atoms with Gasteiger partial charge in [-0.1, -0.05) is 38.1 Å². The lowest BCUT2D eigenvalue weighted by molar-refractivity contribution is -0.122. The van der Waals surface area contributed by atoms with E-state index in [-0.39, 0.29) is 34.8 Å². The summed E-state index contributed by atoms with van der Waals surface area (Å²) in [6, 6.07) is 12.7. The molecule has 0 saturated carbocycles. The Balaban J connectivity index is 1.58. The van der Waals surface area contributed by atoms with Crippen LogP contribution in [-0.2, 0) is 20.9 Å². The second-order valence-electron chi connectivity index (χ2n) is 10.6. The minimum atomic E-state index is -0.662. The van der Waals surface area contributed by atoms with Crippen molar-refractivity contribution in [2.75, 3.05) is 11.9 Å². The van der Waals surface area contributed by atoms with Gasteiger partial charge in [0, 0.05) is 52.4 Å². The number of aromatic hydroxyl groups is 1. The molecule has 3 N–H and O–H groups in total. The summed E-state index contributed by atoms with van der Waals surface area (Å²) < 4.78 is 0. The predicted molar refractivity (Wildman–Crippen MR) is 154 cm³/mol. The standard InChI is InChI=1S/C30H35N3O6S/c1-18(20(3)37)28-19(2)29(27(16-35)33(28)17-36)40-25-12-26(30(39)31-23-6-4-5-22(11-23)15-34)32(14-25)13-21-7-9-24(38)10-8-21/h4-11,15-20,25-26,28,37-38H,12-14H2,1-3H3,(H,31,39)/t18-,19-,20-,25+,26+,28?/m1/s1. The number of phenols is 1. The van der Waals surface area contributed by atoms with Gasteiger partial charge >= 0.3 is 0 Å². The molecule has 2 amide bonds. The number of hydrogen-bond acceptors (Lipinski definition) is 8. The topological polar surface area (TPSA) is 127 Å². The summed E-state index contributed by atoms with van der Waals surface area (Å²) in [6.07, 6.45) is 1.93. The number of amides is 2. The van der Waals surface area contributed by atoms with Gasteiger partial charge in [0.25, 0.3) is 0 Å². The second-order valence-corrected chi connectivity index (χ2v) is 11.9. The number of carbonyl (C=O) groups is 4. The molecule has 2 heterocycles. The van der Waals surface area contributed by atoms with Gasteiger partial charge in [-0.15, -0.1) is 11.8 Å². The van der Waals surface area contributed by atoms with E-state index in [2.05, 4.69) is 10.2 Å². The third kappa shape index (κ3) is 6.29. The predicted octanol–water partition coefficient (Wildman–Crippen LogP) is 3.42. The molecule has 0 radical (unpaired) electrons. The lowest BCUT2D eigenvalue weighted by Crippen LogP contribution is -2.42. The summed E-state index contributed by atoms with van der Waals surface area (Å²) >= 11 is 1.52. The molecule has 0 bridgehead atoms. The maximum Gasteiger partial charge on any atom is 0.241 e. The Morgan fingerprint density at radius 2 is 1.85 bits per heavy atom. The van der Waals surface area contributed by atoms with E-state index in [1.165, 1.54) is 16.7 Å². The van der Waals surface area contributed by atoms with Crippen molar-refractivity contribution in [2.24, 2.45) is 11.8 Å².